The van der Waals surface area contributed by atoms with E-state index in [-0.39, 0.29) is 11.7 Å². The van der Waals surface area contributed by atoms with Crippen LogP contribution in [0, 0.1) is 3.57 Å². The Hall–Kier alpha value is -0.820. The quantitative estimate of drug-likeness (QED) is 0.757. The molecule has 1 amide bonds. The van der Waals surface area contributed by atoms with Gasteiger partial charge in [-0.05, 0) is 47.7 Å². The SMILES string of the molecule is C[C@H]1CN(C(=O)c2ccc(I)c(O)c2)CCN1. The molecule has 4 nitrogen and oxygen atoms in total. The molecule has 2 rings (SSSR count). The summed E-state index contributed by atoms with van der Waals surface area (Å²) in [4.78, 5) is 14.0. The number of amides is 1. The standard InChI is InChI=1S/C12H15IN2O2/c1-8-7-15(5-4-14-8)12(17)9-2-3-10(13)11(16)6-9/h2-3,6,8,14,16H,4-5,7H2,1H3/t8-/m0/s1. The summed E-state index contributed by atoms with van der Waals surface area (Å²) in [5.41, 5.74) is 0.553. The zero-order valence-corrected chi connectivity index (χ0v) is 11.8. The maximum absolute atomic E-state index is 12.2. The Morgan fingerprint density at radius 2 is 2.35 bits per heavy atom. The lowest BCUT2D eigenvalue weighted by Gasteiger charge is -2.32. The number of carbonyl (C=O) groups excluding carboxylic acids is 1. The van der Waals surface area contributed by atoms with E-state index in [2.05, 4.69) is 12.2 Å². The molecule has 0 spiro atoms. The summed E-state index contributed by atoms with van der Waals surface area (Å²) in [7, 11) is 0. The molecule has 0 radical (unpaired) electrons. The molecule has 1 fully saturated rings. The van der Waals surface area contributed by atoms with Crippen LogP contribution in [0.5, 0.6) is 5.75 Å². The Bertz CT molecular complexity index is 437. The number of benzene rings is 1. The van der Waals surface area contributed by atoms with E-state index >= 15 is 0 Å². The minimum Gasteiger partial charge on any atom is -0.507 e. The van der Waals surface area contributed by atoms with Gasteiger partial charge in [-0.25, -0.2) is 0 Å². The van der Waals surface area contributed by atoms with Crippen LogP contribution in [0.25, 0.3) is 0 Å². The minimum atomic E-state index is -0.00921. The van der Waals surface area contributed by atoms with Gasteiger partial charge in [0, 0.05) is 31.2 Å². The summed E-state index contributed by atoms with van der Waals surface area (Å²) in [6, 6.07) is 5.38. The topological polar surface area (TPSA) is 52.6 Å². The lowest BCUT2D eigenvalue weighted by Crippen LogP contribution is -2.51. The van der Waals surface area contributed by atoms with E-state index in [9.17, 15) is 9.90 Å². The largest absolute Gasteiger partial charge is 0.507 e. The van der Waals surface area contributed by atoms with Crippen LogP contribution in [0.1, 0.15) is 17.3 Å². The molecule has 0 aliphatic carbocycles. The van der Waals surface area contributed by atoms with Crippen molar-refractivity contribution in [3.63, 3.8) is 0 Å². The average molecular weight is 346 g/mol. The monoisotopic (exact) mass is 346 g/mol. The summed E-state index contributed by atoms with van der Waals surface area (Å²) in [6.45, 7) is 4.32. The molecule has 1 aliphatic heterocycles. The predicted molar refractivity (Wildman–Crippen MR) is 74.2 cm³/mol. The number of nitrogens with zero attached hydrogens (tertiary/aromatic N) is 1. The second-order valence-corrected chi connectivity index (χ2v) is 5.43. The van der Waals surface area contributed by atoms with E-state index in [1.807, 2.05) is 27.5 Å². The van der Waals surface area contributed by atoms with Crippen LogP contribution in [0.4, 0.5) is 0 Å². The minimum absolute atomic E-state index is 0.00921. The predicted octanol–water partition coefficient (Wildman–Crippen LogP) is 1.43. The first-order valence-corrected chi connectivity index (χ1v) is 6.67. The van der Waals surface area contributed by atoms with E-state index in [1.54, 1.807) is 12.1 Å². The van der Waals surface area contributed by atoms with Crippen LogP contribution < -0.4 is 5.32 Å². The molecule has 17 heavy (non-hydrogen) atoms. The first-order chi connectivity index (χ1) is 8.08. The van der Waals surface area contributed by atoms with Crippen molar-refractivity contribution in [2.24, 2.45) is 0 Å². The third-order valence-electron chi connectivity index (χ3n) is 2.85. The van der Waals surface area contributed by atoms with Crippen molar-refractivity contribution >= 4 is 28.5 Å². The second kappa shape index (κ2) is 5.22. The van der Waals surface area contributed by atoms with E-state index in [1.165, 1.54) is 6.07 Å². The maximum atomic E-state index is 12.2. The Morgan fingerprint density at radius 1 is 1.59 bits per heavy atom. The molecule has 5 heteroatoms. The Kier molecular flexibility index (Phi) is 3.88. The average Bonchev–Trinajstić information content (AvgIpc) is 2.32. The fraction of sp³-hybridized carbons (Fsp3) is 0.417. The molecule has 1 atom stereocenters. The van der Waals surface area contributed by atoms with Gasteiger partial charge in [0.2, 0.25) is 0 Å². The lowest BCUT2D eigenvalue weighted by molar-refractivity contribution is 0.0708. The van der Waals surface area contributed by atoms with Gasteiger partial charge in [0.05, 0.1) is 3.57 Å². The first kappa shape index (κ1) is 12.6. The number of halogens is 1. The molecule has 0 unspecified atom stereocenters. The third-order valence-corrected chi connectivity index (χ3v) is 3.76. The summed E-state index contributed by atoms with van der Waals surface area (Å²) < 4.78 is 0.757. The van der Waals surface area contributed by atoms with Crippen LogP contribution in [-0.2, 0) is 0 Å². The van der Waals surface area contributed by atoms with Crippen molar-refractivity contribution in [3.8, 4) is 5.75 Å². The molecule has 1 heterocycles. The zero-order valence-electron chi connectivity index (χ0n) is 9.61. The number of hydrogen-bond acceptors (Lipinski definition) is 3. The van der Waals surface area contributed by atoms with Gasteiger partial charge >= 0.3 is 0 Å². The zero-order chi connectivity index (χ0) is 12.4. The second-order valence-electron chi connectivity index (χ2n) is 4.27. The van der Waals surface area contributed by atoms with Crippen molar-refractivity contribution in [2.75, 3.05) is 19.6 Å². The van der Waals surface area contributed by atoms with Crippen molar-refractivity contribution in [1.82, 2.24) is 10.2 Å². The third kappa shape index (κ3) is 2.90. The highest BCUT2D eigenvalue weighted by Crippen LogP contribution is 2.21. The summed E-state index contributed by atoms with van der Waals surface area (Å²) in [5, 5.41) is 12.9. The molecule has 0 bridgehead atoms. The Balaban J connectivity index is 2.15. The number of piperazine rings is 1. The van der Waals surface area contributed by atoms with E-state index in [0.717, 1.165) is 16.7 Å². The van der Waals surface area contributed by atoms with Crippen LogP contribution >= 0.6 is 22.6 Å². The smallest absolute Gasteiger partial charge is 0.254 e. The fourth-order valence-electron chi connectivity index (χ4n) is 1.95. The van der Waals surface area contributed by atoms with Crippen LogP contribution in [0.15, 0.2) is 18.2 Å². The van der Waals surface area contributed by atoms with E-state index in [0.29, 0.717) is 18.2 Å². The van der Waals surface area contributed by atoms with Crippen molar-refractivity contribution < 1.29 is 9.90 Å². The number of phenols is 1. The van der Waals surface area contributed by atoms with Crippen LogP contribution in [0.3, 0.4) is 0 Å². The summed E-state index contributed by atoms with van der Waals surface area (Å²) in [6.07, 6.45) is 0. The number of hydrogen-bond donors (Lipinski definition) is 2. The first-order valence-electron chi connectivity index (χ1n) is 5.59. The van der Waals surface area contributed by atoms with Gasteiger partial charge in [0.25, 0.3) is 5.91 Å². The molecule has 0 aromatic heterocycles. The van der Waals surface area contributed by atoms with Crippen molar-refractivity contribution in [2.45, 2.75) is 13.0 Å². The van der Waals surface area contributed by atoms with Crippen molar-refractivity contribution in [1.29, 1.82) is 0 Å². The van der Waals surface area contributed by atoms with Crippen LogP contribution in [0.2, 0.25) is 0 Å². The highest BCUT2D eigenvalue weighted by molar-refractivity contribution is 14.1. The molecular formula is C12H15IN2O2. The van der Waals surface area contributed by atoms with Gasteiger partial charge in [0.15, 0.2) is 0 Å². The van der Waals surface area contributed by atoms with Gasteiger partial charge < -0.3 is 15.3 Å². The fourth-order valence-corrected chi connectivity index (χ4v) is 2.28. The lowest BCUT2D eigenvalue weighted by atomic mass is 10.1. The number of carbonyl (C=O) groups is 1. The maximum Gasteiger partial charge on any atom is 0.254 e. The molecule has 1 aromatic rings. The number of rotatable bonds is 1. The van der Waals surface area contributed by atoms with Gasteiger partial charge in [-0.2, -0.15) is 0 Å². The van der Waals surface area contributed by atoms with Crippen LogP contribution in [-0.4, -0.2) is 41.6 Å². The molecule has 0 saturated carbocycles. The highest BCUT2D eigenvalue weighted by atomic mass is 127. The molecule has 1 saturated heterocycles. The van der Waals surface area contributed by atoms with Gasteiger partial charge in [-0.1, -0.05) is 0 Å². The molecular weight excluding hydrogens is 331 g/mol. The van der Waals surface area contributed by atoms with Crippen molar-refractivity contribution in [3.05, 3.63) is 27.3 Å². The molecule has 92 valence electrons. The molecule has 1 aliphatic rings. The van der Waals surface area contributed by atoms with E-state index < -0.39 is 0 Å². The number of aromatic hydroxyl groups is 1. The number of nitrogens with one attached hydrogen (secondary N) is 1. The normalized spacial score (nSPS) is 20.4. The molecule has 1 aromatic carbocycles. The summed E-state index contributed by atoms with van der Waals surface area (Å²) >= 11 is 2.04. The Morgan fingerprint density at radius 3 is 3.00 bits per heavy atom. The summed E-state index contributed by atoms with van der Waals surface area (Å²) in [5.74, 6) is 0.157. The van der Waals surface area contributed by atoms with E-state index in [4.69, 9.17) is 0 Å². The van der Waals surface area contributed by atoms with Gasteiger partial charge in [-0.15, -0.1) is 0 Å². The number of phenolic OH excluding ortho intramolecular Hbond substituents is 1. The Labute approximate surface area is 114 Å². The highest BCUT2D eigenvalue weighted by Gasteiger charge is 2.21. The van der Waals surface area contributed by atoms with Gasteiger partial charge in [-0.3, -0.25) is 4.79 Å². The van der Waals surface area contributed by atoms with Gasteiger partial charge in [0.1, 0.15) is 5.75 Å². The molecule has 2 N–H and O–H groups in total.